The van der Waals surface area contributed by atoms with Crippen molar-refractivity contribution in [1.82, 2.24) is 5.32 Å². The second-order valence-electron chi connectivity index (χ2n) is 4.18. The van der Waals surface area contributed by atoms with Crippen molar-refractivity contribution in [2.24, 2.45) is 5.73 Å². The Balaban J connectivity index is 2.00. The average Bonchev–Trinajstić information content (AvgIpc) is 2.57. The molecule has 0 fully saturated rings. The Morgan fingerprint density at radius 3 is 2.87 bits per heavy atom. The molecule has 0 saturated heterocycles. The molecule has 3 heteroatoms. The first-order valence-corrected chi connectivity index (χ1v) is 6.57. The molecule has 0 amide bonds. The highest BCUT2D eigenvalue weighted by Crippen LogP contribution is 2.14. The fourth-order valence-electron chi connectivity index (χ4n) is 1.50. The van der Waals surface area contributed by atoms with Crippen molar-refractivity contribution in [2.45, 2.75) is 45.7 Å². The summed E-state index contributed by atoms with van der Waals surface area (Å²) in [6.45, 7) is 6.36. The molecule has 1 atom stereocenters. The minimum atomic E-state index is 0.351. The maximum atomic E-state index is 5.69. The van der Waals surface area contributed by atoms with Crippen LogP contribution in [0.25, 0.3) is 0 Å². The van der Waals surface area contributed by atoms with Crippen LogP contribution in [0.2, 0.25) is 0 Å². The van der Waals surface area contributed by atoms with Gasteiger partial charge in [0.15, 0.2) is 0 Å². The van der Waals surface area contributed by atoms with E-state index in [1.54, 1.807) is 0 Å². The Bertz CT molecular complexity index is 268. The van der Waals surface area contributed by atoms with E-state index in [1.807, 2.05) is 11.3 Å². The van der Waals surface area contributed by atoms with Crippen LogP contribution in [-0.2, 0) is 6.54 Å². The van der Waals surface area contributed by atoms with Gasteiger partial charge < -0.3 is 11.1 Å². The predicted molar refractivity (Wildman–Crippen MR) is 68.3 cm³/mol. The molecule has 15 heavy (non-hydrogen) atoms. The van der Waals surface area contributed by atoms with E-state index in [0.717, 1.165) is 19.5 Å². The van der Waals surface area contributed by atoms with Gasteiger partial charge >= 0.3 is 0 Å². The van der Waals surface area contributed by atoms with Crippen LogP contribution in [0.1, 0.15) is 36.6 Å². The molecule has 0 aliphatic rings. The third-order valence-electron chi connectivity index (χ3n) is 2.52. The monoisotopic (exact) mass is 226 g/mol. The van der Waals surface area contributed by atoms with Crippen LogP contribution in [0.5, 0.6) is 0 Å². The van der Waals surface area contributed by atoms with E-state index in [1.165, 1.54) is 23.3 Å². The fourth-order valence-corrected chi connectivity index (χ4v) is 2.38. The number of hydrogen-bond acceptors (Lipinski definition) is 3. The van der Waals surface area contributed by atoms with E-state index in [-0.39, 0.29) is 0 Å². The van der Waals surface area contributed by atoms with Gasteiger partial charge in [0.25, 0.3) is 0 Å². The Labute approximate surface area is 96.9 Å². The van der Waals surface area contributed by atoms with E-state index in [2.05, 4.69) is 30.6 Å². The van der Waals surface area contributed by atoms with Gasteiger partial charge in [-0.1, -0.05) is 6.42 Å². The van der Waals surface area contributed by atoms with E-state index in [0.29, 0.717) is 6.04 Å². The van der Waals surface area contributed by atoms with Gasteiger partial charge in [-0.05, 0) is 50.2 Å². The maximum absolute atomic E-state index is 5.69. The van der Waals surface area contributed by atoms with Crippen LogP contribution in [-0.4, -0.2) is 12.6 Å². The summed E-state index contributed by atoms with van der Waals surface area (Å²) in [7, 11) is 0. The van der Waals surface area contributed by atoms with Crippen LogP contribution in [0, 0.1) is 6.92 Å². The largest absolute Gasteiger partial charge is 0.328 e. The smallest absolute Gasteiger partial charge is 0.0302 e. The highest BCUT2D eigenvalue weighted by molar-refractivity contribution is 7.10. The summed E-state index contributed by atoms with van der Waals surface area (Å²) in [4.78, 5) is 1.46. The summed E-state index contributed by atoms with van der Waals surface area (Å²) >= 11 is 1.84. The van der Waals surface area contributed by atoms with E-state index < -0.39 is 0 Å². The molecule has 2 nitrogen and oxygen atoms in total. The number of nitrogens with two attached hydrogens (primary N) is 1. The highest BCUT2D eigenvalue weighted by Gasteiger charge is 1.98. The summed E-state index contributed by atoms with van der Waals surface area (Å²) in [6, 6.07) is 2.53. The molecular weight excluding hydrogens is 204 g/mol. The Hall–Kier alpha value is -0.380. The van der Waals surface area contributed by atoms with E-state index in [4.69, 9.17) is 5.73 Å². The summed E-state index contributed by atoms with van der Waals surface area (Å²) in [5, 5.41) is 5.63. The topological polar surface area (TPSA) is 38.0 Å². The molecule has 1 heterocycles. The molecule has 1 aromatic rings. The van der Waals surface area contributed by atoms with Crippen LogP contribution in [0.4, 0.5) is 0 Å². The Morgan fingerprint density at radius 2 is 2.27 bits per heavy atom. The second kappa shape index (κ2) is 6.99. The van der Waals surface area contributed by atoms with Crippen LogP contribution >= 0.6 is 11.3 Å². The van der Waals surface area contributed by atoms with Gasteiger partial charge in [0.1, 0.15) is 0 Å². The zero-order chi connectivity index (χ0) is 11.1. The number of hydrogen-bond donors (Lipinski definition) is 2. The quantitative estimate of drug-likeness (QED) is 0.702. The lowest BCUT2D eigenvalue weighted by Crippen LogP contribution is -2.17. The molecule has 0 aromatic carbocycles. The molecule has 0 radical (unpaired) electrons. The molecule has 0 saturated carbocycles. The number of rotatable bonds is 7. The van der Waals surface area contributed by atoms with Gasteiger partial charge in [0, 0.05) is 17.5 Å². The first kappa shape index (κ1) is 12.7. The zero-order valence-corrected chi connectivity index (χ0v) is 10.6. The summed E-state index contributed by atoms with van der Waals surface area (Å²) in [5.41, 5.74) is 7.09. The van der Waals surface area contributed by atoms with Gasteiger partial charge in [0.05, 0.1) is 0 Å². The zero-order valence-electron chi connectivity index (χ0n) is 9.75. The van der Waals surface area contributed by atoms with Crippen LogP contribution in [0.3, 0.4) is 0 Å². The second-order valence-corrected chi connectivity index (χ2v) is 5.18. The molecule has 86 valence electrons. The number of unbranched alkanes of at least 4 members (excludes halogenated alkanes) is 1. The van der Waals surface area contributed by atoms with Crippen molar-refractivity contribution < 1.29 is 0 Å². The molecule has 1 rings (SSSR count). The Morgan fingerprint density at radius 1 is 1.47 bits per heavy atom. The molecule has 1 unspecified atom stereocenters. The first-order chi connectivity index (χ1) is 7.20. The van der Waals surface area contributed by atoms with Crippen molar-refractivity contribution in [1.29, 1.82) is 0 Å². The fraction of sp³-hybridized carbons (Fsp3) is 0.667. The molecule has 0 aliphatic heterocycles. The predicted octanol–water partition coefficient (Wildman–Crippen LogP) is 2.66. The van der Waals surface area contributed by atoms with Gasteiger partial charge in [0.2, 0.25) is 0 Å². The van der Waals surface area contributed by atoms with Gasteiger partial charge in [-0.15, -0.1) is 11.3 Å². The van der Waals surface area contributed by atoms with Gasteiger partial charge in [-0.3, -0.25) is 0 Å². The minimum absolute atomic E-state index is 0.351. The number of thiophene rings is 1. The maximum Gasteiger partial charge on any atom is 0.0302 e. The van der Waals surface area contributed by atoms with Crippen LogP contribution in [0.15, 0.2) is 11.4 Å². The third kappa shape index (κ3) is 5.30. The molecular formula is C12H22N2S. The third-order valence-corrected chi connectivity index (χ3v) is 3.54. The van der Waals surface area contributed by atoms with Crippen molar-refractivity contribution >= 4 is 11.3 Å². The van der Waals surface area contributed by atoms with Crippen molar-refractivity contribution in [3.8, 4) is 0 Å². The van der Waals surface area contributed by atoms with Crippen molar-refractivity contribution in [3.05, 3.63) is 21.9 Å². The summed E-state index contributed by atoms with van der Waals surface area (Å²) in [5.74, 6) is 0. The number of aryl methyl sites for hydroxylation is 1. The lowest BCUT2D eigenvalue weighted by molar-refractivity contribution is 0.564. The van der Waals surface area contributed by atoms with E-state index in [9.17, 15) is 0 Å². The standard InChI is InChI=1S/C12H22N2S/c1-10-6-8-15-12(10)9-14-7-4-3-5-11(2)13/h6,8,11,14H,3-5,7,9,13H2,1-2H3. The SMILES string of the molecule is Cc1ccsc1CNCCCCC(C)N. The van der Waals surface area contributed by atoms with Crippen molar-refractivity contribution in [2.75, 3.05) is 6.54 Å². The minimum Gasteiger partial charge on any atom is -0.328 e. The van der Waals surface area contributed by atoms with Gasteiger partial charge in [-0.25, -0.2) is 0 Å². The van der Waals surface area contributed by atoms with Crippen LogP contribution < -0.4 is 11.1 Å². The lowest BCUT2D eigenvalue weighted by atomic mass is 10.1. The molecule has 0 aliphatic carbocycles. The average molecular weight is 226 g/mol. The summed E-state index contributed by atoms with van der Waals surface area (Å²) in [6.07, 6.45) is 3.60. The molecule has 3 N–H and O–H groups in total. The highest BCUT2D eigenvalue weighted by atomic mass is 32.1. The number of nitrogens with one attached hydrogen (secondary N) is 1. The molecule has 1 aromatic heterocycles. The molecule has 0 bridgehead atoms. The normalized spacial score (nSPS) is 13.0. The summed E-state index contributed by atoms with van der Waals surface area (Å²) < 4.78 is 0. The molecule has 0 spiro atoms. The van der Waals surface area contributed by atoms with E-state index >= 15 is 0 Å². The van der Waals surface area contributed by atoms with Crippen molar-refractivity contribution in [3.63, 3.8) is 0 Å². The lowest BCUT2D eigenvalue weighted by Gasteiger charge is -2.06. The first-order valence-electron chi connectivity index (χ1n) is 5.69. The van der Waals surface area contributed by atoms with Gasteiger partial charge in [-0.2, -0.15) is 0 Å². The Kier molecular flexibility index (Phi) is 5.91.